The van der Waals surface area contributed by atoms with Crippen LogP contribution < -0.4 is 0 Å². The van der Waals surface area contributed by atoms with Gasteiger partial charge in [0.05, 0.1) is 0 Å². The molecule has 0 saturated heterocycles. The Morgan fingerprint density at radius 3 is 2.55 bits per heavy atom. The Morgan fingerprint density at radius 2 is 2.09 bits per heavy atom. The Morgan fingerprint density at radius 1 is 1.45 bits per heavy atom. The van der Waals surface area contributed by atoms with Crippen LogP contribution in [0.25, 0.3) is 0 Å². The molecule has 0 radical (unpaired) electrons. The second-order valence-electron chi connectivity index (χ2n) is 2.73. The SMILES string of the molecule is C=C(C)CCC(=O)/C=C/CC. The monoisotopic (exact) mass is 152 g/mol. The van der Waals surface area contributed by atoms with Crippen LogP contribution in [-0.2, 0) is 4.79 Å². The lowest BCUT2D eigenvalue weighted by atomic mass is 10.1. The average Bonchev–Trinajstić information content (AvgIpc) is 1.97. The molecular weight excluding hydrogens is 136 g/mol. The van der Waals surface area contributed by atoms with Crippen molar-refractivity contribution in [3.63, 3.8) is 0 Å². The van der Waals surface area contributed by atoms with Crippen molar-refractivity contribution in [3.8, 4) is 0 Å². The third kappa shape index (κ3) is 7.04. The number of carbonyl (C=O) groups excluding carboxylic acids is 1. The van der Waals surface area contributed by atoms with Gasteiger partial charge in [-0.15, -0.1) is 6.58 Å². The molecule has 62 valence electrons. The predicted octanol–water partition coefficient (Wildman–Crippen LogP) is 2.88. The Bertz CT molecular complexity index is 166. The van der Waals surface area contributed by atoms with Crippen molar-refractivity contribution in [1.82, 2.24) is 0 Å². The fraction of sp³-hybridized carbons (Fsp3) is 0.500. The Balaban J connectivity index is 3.53. The van der Waals surface area contributed by atoms with Crippen molar-refractivity contribution in [2.75, 3.05) is 0 Å². The third-order valence-corrected chi connectivity index (χ3v) is 1.34. The molecule has 0 aromatic carbocycles. The summed E-state index contributed by atoms with van der Waals surface area (Å²) in [5.74, 6) is 0.204. The van der Waals surface area contributed by atoms with Crippen molar-refractivity contribution in [2.24, 2.45) is 0 Å². The van der Waals surface area contributed by atoms with E-state index in [9.17, 15) is 4.79 Å². The summed E-state index contributed by atoms with van der Waals surface area (Å²) in [5.41, 5.74) is 1.07. The van der Waals surface area contributed by atoms with Crippen molar-refractivity contribution >= 4 is 5.78 Å². The highest BCUT2D eigenvalue weighted by atomic mass is 16.1. The summed E-state index contributed by atoms with van der Waals surface area (Å²) in [6, 6.07) is 0. The van der Waals surface area contributed by atoms with Gasteiger partial charge in [0, 0.05) is 6.42 Å². The summed E-state index contributed by atoms with van der Waals surface area (Å²) in [4.78, 5) is 11.0. The lowest BCUT2D eigenvalue weighted by Crippen LogP contribution is -1.91. The summed E-state index contributed by atoms with van der Waals surface area (Å²) in [5, 5.41) is 0. The molecule has 0 bridgehead atoms. The van der Waals surface area contributed by atoms with Crippen LogP contribution in [0.1, 0.15) is 33.1 Å². The van der Waals surface area contributed by atoms with Gasteiger partial charge < -0.3 is 0 Å². The first-order chi connectivity index (χ1) is 5.16. The number of carbonyl (C=O) groups is 1. The molecule has 0 heterocycles. The molecule has 0 aliphatic carbocycles. The third-order valence-electron chi connectivity index (χ3n) is 1.34. The van der Waals surface area contributed by atoms with E-state index in [1.807, 2.05) is 19.9 Å². The molecule has 0 aromatic rings. The molecule has 0 saturated carbocycles. The lowest BCUT2D eigenvalue weighted by molar-refractivity contribution is -0.114. The van der Waals surface area contributed by atoms with Crippen LogP contribution >= 0.6 is 0 Å². The van der Waals surface area contributed by atoms with Crippen LogP contribution in [-0.4, -0.2) is 5.78 Å². The van der Waals surface area contributed by atoms with Gasteiger partial charge in [-0.25, -0.2) is 0 Å². The second-order valence-corrected chi connectivity index (χ2v) is 2.73. The quantitative estimate of drug-likeness (QED) is 0.437. The highest BCUT2D eigenvalue weighted by Gasteiger charge is 1.94. The molecule has 0 atom stereocenters. The first kappa shape index (κ1) is 10.2. The van der Waals surface area contributed by atoms with E-state index < -0.39 is 0 Å². The van der Waals surface area contributed by atoms with Gasteiger partial charge in [0.25, 0.3) is 0 Å². The van der Waals surface area contributed by atoms with Crippen molar-refractivity contribution in [1.29, 1.82) is 0 Å². The number of hydrogen-bond donors (Lipinski definition) is 0. The first-order valence-corrected chi connectivity index (χ1v) is 4.00. The van der Waals surface area contributed by atoms with Crippen LogP contribution in [0.15, 0.2) is 24.3 Å². The van der Waals surface area contributed by atoms with E-state index in [1.54, 1.807) is 6.08 Å². The minimum Gasteiger partial charge on any atom is -0.295 e. The van der Waals surface area contributed by atoms with E-state index in [4.69, 9.17) is 0 Å². The maximum absolute atomic E-state index is 11.0. The van der Waals surface area contributed by atoms with E-state index in [0.717, 1.165) is 18.4 Å². The number of allylic oxidation sites excluding steroid dienone is 3. The van der Waals surface area contributed by atoms with Gasteiger partial charge in [-0.2, -0.15) is 0 Å². The van der Waals surface area contributed by atoms with E-state index >= 15 is 0 Å². The molecule has 0 aliphatic rings. The summed E-state index contributed by atoms with van der Waals surface area (Å²) in [6.07, 6.45) is 5.89. The predicted molar refractivity (Wildman–Crippen MR) is 48.5 cm³/mol. The van der Waals surface area contributed by atoms with Gasteiger partial charge in [0.15, 0.2) is 5.78 Å². The van der Waals surface area contributed by atoms with Crippen LogP contribution in [0.3, 0.4) is 0 Å². The highest BCUT2D eigenvalue weighted by molar-refractivity contribution is 5.89. The van der Waals surface area contributed by atoms with Crippen molar-refractivity contribution in [3.05, 3.63) is 24.3 Å². The van der Waals surface area contributed by atoms with Gasteiger partial charge in [0.2, 0.25) is 0 Å². The largest absolute Gasteiger partial charge is 0.295 e. The lowest BCUT2D eigenvalue weighted by Gasteiger charge is -1.93. The Kier molecular flexibility index (Phi) is 5.44. The molecule has 1 nitrogen and oxygen atoms in total. The molecule has 1 heteroatoms. The molecular formula is C10H16O. The van der Waals surface area contributed by atoms with Gasteiger partial charge in [-0.1, -0.05) is 18.6 Å². The average molecular weight is 152 g/mol. The van der Waals surface area contributed by atoms with Crippen LogP contribution in [0, 0.1) is 0 Å². The zero-order valence-electron chi connectivity index (χ0n) is 7.39. The molecule has 0 spiro atoms. The maximum Gasteiger partial charge on any atom is 0.155 e. The molecule has 0 rings (SSSR count). The van der Waals surface area contributed by atoms with Crippen LogP contribution in [0.2, 0.25) is 0 Å². The summed E-state index contributed by atoms with van der Waals surface area (Å²) in [7, 11) is 0. The molecule has 0 aromatic heterocycles. The minimum absolute atomic E-state index is 0.204. The fourth-order valence-corrected chi connectivity index (χ4v) is 0.669. The van der Waals surface area contributed by atoms with Crippen LogP contribution in [0.5, 0.6) is 0 Å². The zero-order chi connectivity index (χ0) is 8.69. The Labute approximate surface area is 68.8 Å². The second kappa shape index (κ2) is 5.90. The van der Waals surface area contributed by atoms with E-state index in [-0.39, 0.29) is 5.78 Å². The molecule has 11 heavy (non-hydrogen) atoms. The molecule has 0 amide bonds. The summed E-state index contributed by atoms with van der Waals surface area (Å²) < 4.78 is 0. The van der Waals surface area contributed by atoms with E-state index in [0.29, 0.717) is 6.42 Å². The number of hydrogen-bond acceptors (Lipinski definition) is 1. The van der Waals surface area contributed by atoms with Gasteiger partial charge in [0.1, 0.15) is 0 Å². The molecule has 0 unspecified atom stereocenters. The fourth-order valence-electron chi connectivity index (χ4n) is 0.669. The normalized spacial score (nSPS) is 10.4. The Hall–Kier alpha value is -0.850. The maximum atomic E-state index is 11.0. The summed E-state index contributed by atoms with van der Waals surface area (Å²) in [6.45, 7) is 7.69. The molecule has 0 N–H and O–H groups in total. The van der Waals surface area contributed by atoms with Gasteiger partial charge >= 0.3 is 0 Å². The smallest absolute Gasteiger partial charge is 0.155 e. The van der Waals surface area contributed by atoms with Crippen molar-refractivity contribution < 1.29 is 4.79 Å². The number of ketones is 1. The van der Waals surface area contributed by atoms with Crippen LogP contribution in [0.4, 0.5) is 0 Å². The molecule has 0 aliphatic heterocycles. The summed E-state index contributed by atoms with van der Waals surface area (Å²) >= 11 is 0. The van der Waals surface area contributed by atoms with E-state index in [2.05, 4.69) is 6.58 Å². The highest BCUT2D eigenvalue weighted by Crippen LogP contribution is 2.01. The minimum atomic E-state index is 0.204. The first-order valence-electron chi connectivity index (χ1n) is 4.00. The number of rotatable bonds is 5. The molecule has 0 fully saturated rings. The topological polar surface area (TPSA) is 17.1 Å². The van der Waals surface area contributed by atoms with Crippen molar-refractivity contribution in [2.45, 2.75) is 33.1 Å². The standard InChI is InChI=1S/C10H16O/c1-4-5-6-10(11)8-7-9(2)3/h5-6H,2,4,7-8H2,1,3H3/b6-5+. The van der Waals surface area contributed by atoms with Gasteiger partial charge in [-0.05, 0) is 25.8 Å². The van der Waals surface area contributed by atoms with Gasteiger partial charge in [-0.3, -0.25) is 4.79 Å². The zero-order valence-corrected chi connectivity index (χ0v) is 7.39. The van der Waals surface area contributed by atoms with E-state index in [1.165, 1.54) is 0 Å².